The van der Waals surface area contributed by atoms with Gasteiger partial charge in [-0.05, 0) is 36.3 Å². The maximum absolute atomic E-state index is 6.26. The van der Waals surface area contributed by atoms with E-state index in [1.54, 1.807) is 0 Å². The van der Waals surface area contributed by atoms with Gasteiger partial charge in [-0.25, -0.2) is 0 Å². The van der Waals surface area contributed by atoms with Crippen molar-refractivity contribution in [3.8, 4) is 11.4 Å². The average Bonchev–Trinajstić information content (AvgIpc) is 2.88. The molecule has 0 aliphatic carbocycles. The molecule has 0 saturated carbocycles. The van der Waals surface area contributed by atoms with Gasteiger partial charge in [-0.1, -0.05) is 54.1 Å². The molecule has 2 aromatic carbocycles. The Labute approximate surface area is 133 Å². The van der Waals surface area contributed by atoms with Gasteiger partial charge < -0.3 is 0 Å². The van der Waals surface area contributed by atoms with Crippen molar-refractivity contribution in [2.24, 2.45) is 0 Å². The van der Waals surface area contributed by atoms with E-state index in [4.69, 9.17) is 23.8 Å². The number of nitrogens with one attached hydrogen (secondary N) is 1. The number of hydrogen-bond donors (Lipinski definition) is 1. The molecule has 106 valence electrons. The molecule has 1 N–H and O–H groups in total. The van der Waals surface area contributed by atoms with Crippen LogP contribution in [0.1, 0.15) is 5.56 Å². The zero-order chi connectivity index (χ0) is 14.7. The molecule has 0 radical (unpaired) electrons. The van der Waals surface area contributed by atoms with Gasteiger partial charge in [0.2, 0.25) is 0 Å². The molecule has 21 heavy (non-hydrogen) atoms. The zero-order valence-corrected chi connectivity index (χ0v) is 12.9. The number of nitrogens with zero attached hydrogens (tertiary/aromatic N) is 2. The third-order valence-electron chi connectivity index (χ3n) is 3.34. The van der Waals surface area contributed by atoms with E-state index in [0.29, 0.717) is 9.79 Å². The average molecular weight is 316 g/mol. The quantitative estimate of drug-likeness (QED) is 0.719. The van der Waals surface area contributed by atoms with Crippen molar-refractivity contribution >= 4 is 23.8 Å². The van der Waals surface area contributed by atoms with E-state index in [2.05, 4.69) is 22.3 Å². The van der Waals surface area contributed by atoms with Crippen LogP contribution in [0.25, 0.3) is 11.4 Å². The fraction of sp³-hybridized carbons (Fsp3) is 0.125. The maximum atomic E-state index is 6.26. The minimum absolute atomic E-state index is 0.612. The van der Waals surface area contributed by atoms with Gasteiger partial charge in [-0.2, -0.15) is 5.10 Å². The highest BCUT2D eigenvalue weighted by atomic mass is 35.5. The van der Waals surface area contributed by atoms with Gasteiger partial charge in [-0.15, -0.1) is 0 Å². The molecule has 3 aromatic rings. The van der Waals surface area contributed by atoms with Crippen molar-refractivity contribution in [1.29, 1.82) is 0 Å². The second kappa shape index (κ2) is 6.24. The maximum Gasteiger partial charge on any atom is 0.195 e. The number of halogens is 1. The number of aromatic nitrogens is 3. The molecule has 0 spiro atoms. The molecule has 0 bridgehead atoms. The molecule has 0 saturated heterocycles. The van der Waals surface area contributed by atoms with Gasteiger partial charge in [0, 0.05) is 12.1 Å². The lowest BCUT2D eigenvalue weighted by Crippen LogP contribution is -2.04. The summed E-state index contributed by atoms with van der Waals surface area (Å²) in [5.74, 6) is 0.779. The van der Waals surface area contributed by atoms with E-state index >= 15 is 0 Å². The summed E-state index contributed by atoms with van der Waals surface area (Å²) in [6, 6.07) is 18.0. The first-order valence-electron chi connectivity index (χ1n) is 6.70. The van der Waals surface area contributed by atoms with Gasteiger partial charge in [0.15, 0.2) is 10.6 Å². The van der Waals surface area contributed by atoms with E-state index in [1.807, 2.05) is 47.0 Å². The first-order valence-corrected chi connectivity index (χ1v) is 7.48. The standard InChI is InChI=1S/C16H14ClN3S/c17-14-9-5-4-8-13(14)15-18-19-16(21)20(15)11-10-12-6-2-1-3-7-12/h1-9H,10-11H2,(H,19,21). The van der Waals surface area contributed by atoms with Gasteiger partial charge in [-0.3, -0.25) is 9.67 Å². The Balaban J connectivity index is 1.91. The predicted molar refractivity (Wildman–Crippen MR) is 88.0 cm³/mol. The SMILES string of the molecule is S=c1[nH]nc(-c2ccccc2Cl)n1CCc1ccccc1. The zero-order valence-electron chi connectivity index (χ0n) is 11.3. The predicted octanol–water partition coefficient (Wildman–Crippen LogP) is 4.50. The molecular weight excluding hydrogens is 302 g/mol. The number of H-pyrrole nitrogens is 1. The molecule has 0 unspecified atom stereocenters. The molecule has 3 nitrogen and oxygen atoms in total. The van der Waals surface area contributed by atoms with Crippen LogP contribution in [0.3, 0.4) is 0 Å². The van der Waals surface area contributed by atoms with E-state index in [1.165, 1.54) is 5.56 Å². The van der Waals surface area contributed by atoms with Gasteiger partial charge >= 0.3 is 0 Å². The lowest BCUT2D eigenvalue weighted by atomic mass is 10.1. The summed E-state index contributed by atoms with van der Waals surface area (Å²) in [4.78, 5) is 0. The summed E-state index contributed by atoms with van der Waals surface area (Å²) in [6.07, 6.45) is 0.895. The Morgan fingerprint density at radius 2 is 1.76 bits per heavy atom. The van der Waals surface area contributed by atoms with Crippen molar-refractivity contribution in [2.75, 3.05) is 0 Å². The van der Waals surface area contributed by atoms with E-state index in [9.17, 15) is 0 Å². The number of aryl methyl sites for hydroxylation is 1. The molecule has 3 rings (SSSR count). The highest BCUT2D eigenvalue weighted by Crippen LogP contribution is 2.26. The molecule has 0 fully saturated rings. The number of aromatic amines is 1. The van der Waals surface area contributed by atoms with Crippen LogP contribution >= 0.6 is 23.8 Å². The monoisotopic (exact) mass is 315 g/mol. The van der Waals surface area contributed by atoms with Crippen molar-refractivity contribution < 1.29 is 0 Å². The molecule has 0 atom stereocenters. The second-order valence-electron chi connectivity index (χ2n) is 4.72. The van der Waals surface area contributed by atoms with Crippen LogP contribution in [0.2, 0.25) is 5.02 Å². The fourth-order valence-electron chi connectivity index (χ4n) is 2.26. The van der Waals surface area contributed by atoms with Crippen LogP contribution in [0.5, 0.6) is 0 Å². The minimum atomic E-state index is 0.612. The van der Waals surface area contributed by atoms with Gasteiger partial charge in [0.25, 0.3) is 0 Å². The van der Waals surface area contributed by atoms with Crippen molar-refractivity contribution in [2.45, 2.75) is 13.0 Å². The van der Waals surface area contributed by atoms with Crippen LogP contribution in [0, 0.1) is 4.77 Å². The molecule has 0 aliphatic heterocycles. The normalized spacial score (nSPS) is 10.7. The molecule has 1 heterocycles. The van der Waals surface area contributed by atoms with Gasteiger partial charge in [0.1, 0.15) is 0 Å². The lowest BCUT2D eigenvalue weighted by Gasteiger charge is -2.08. The van der Waals surface area contributed by atoms with Gasteiger partial charge in [0.05, 0.1) is 5.02 Å². The van der Waals surface area contributed by atoms with Crippen molar-refractivity contribution in [3.05, 3.63) is 70.0 Å². The number of benzene rings is 2. The summed E-state index contributed by atoms with van der Waals surface area (Å²) in [5, 5.41) is 7.85. The van der Waals surface area contributed by atoms with Crippen molar-refractivity contribution in [3.63, 3.8) is 0 Å². The van der Waals surface area contributed by atoms with E-state index in [0.717, 1.165) is 24.4 Å². The first kappa shape index (κ1) is 14.0. The van der Waals surface area contributed by atoms with Crippen molar-refractivity contribution in [1.82, 2.24) is 14.8 Å². The van der Waals surface area contributed by atoms with Crippen LogP contribution in [0.15, 0.2) is 54.6 Å². The summed E-state index contributed by atoms with van der Waals surface area (Å²) in [5.41, 5.74) is 2.16. The fourth-order valence-corrected chi connectivity index (χ4v) is 2.70. The molecule has 5 heteroatoms. The van der Waals surface area contributed by atoms with Crippen LogP contribution in [-0.4, -0.2) is 14.8 Å². The topological polar surface area (TPSA) is 33.6 Å². The summed E-state index contributed by atoms with van der Waals surface area (Å²) in [6.45, 7) is 0.764. The lowest BCUT2D eigenvalue weighted by molar-refractivity contribution is 0.692. The summed E-state index contributed by atoms with van der Waals surface area (Å²) >= 11 is 11.6. The number of hydrogen-bond acceptors (Lipinski definition) is 2. The van der Waals surface area contributed by atoms with Crippen LogP contribution in [0.4, 0.5) is 0 Å². The molecule has 0 aliphatic rings. The molecule has 1 aromatic heterocycles. The number of rotatable bonds is 4. The van der Waals surface area contributed by atoms with E-state index in [-0.39, 0.29) is 0 Å². The largest absolute Gasteiger partial charge is 0.300 e. The Morgan fingerprint density at radius 1 is 1.05 bits per heavy atom. The summed E-state index contributed by atoms with van der Waals surface area (Å²) < 4.78 is 2.60. The molecular formula is C16H14ClN3S. The third kappa shape index (κ3) is 3.06. The minimum Gasteiger partial charge on any atom is -0.300 e. The first-order chi connectivity index (χ1) is 10.3. The highest BCUT2D eigenvalue weighted by molar-refractivity contribution is 7.71. The van der Waals surface area contributed by atoms with Crippen LogP contribution in [-0.2, 0) is 13.0 Å². The van der Waals surface area contributed by atoms with Crippen LogP contribution < -0.4 is 0 Å². The smallest absolute Gasteiger partial charge is 0.195 e. The molecule has 0 amide bonds. The second-order valence-corrected chi connectivity index (χ2v) is 5.51. The Morgan fingerprint density at radius 3 is 2.52 bits per heavy atom. The van der Waals surface area contributed by atoms with E-state index < -0.39 is 0 Å². The summed E-state index contributed by atoms with van der Waals surface area (Å²) in [7, 11) is 0. The highest BCUT2D eigenvalue weighted by Gasteiger charge is 2.11. The Hall–Kier alpha value is -1.91. The third-order valence-corrected chi connectivity index (χ3v) is 3.98. The Kier molecular flexibility index (Phi) is 4.18. The Bertz CT molecular complexity index is 793.